The number of nitrogens with one attached hydrogen (secondary N) is 1. The van der Waals surface area contributed by atoms with Gasteiger partial charge in [-0.15, -0.1) is 0 Å². The molecule has 2 aromatic rings. The standard InChI is InChI=1S/C16H20FN3O2S/c1-12-11-18-16(13-5-4-6-13)20(12)10-9-19-23(21,22)15-8-3-2-7-14(15)17/h2-3,7-8,11,13,19H,4-6,9-10H2,1H3. The minimum absolute atomic E-state index is 0.202. The zero-order chi connectivity index (χ0) is 16.4. The van der Waals surface area contributed by atoms with Crippen molar-refractivity contribution in [1.82, 2.24) is 14.3 Å². The second-order valence-electron chi connectivity index (χ2n) is 5.87. The summed E-state index contributed by atoms with van der Waals surface area (Å²) in [5.74, 6) is 0.764. The fourth-order valence-corrected chi connectivity index (χ4v) is 3.89. The van der Waals surface area contributed by atoms with Crippen molar-refractivity contribution in [3.63, 3.8) is 0 Å². The first-order chi connectivity index (χ1) is 11.0. The fraction of sp³-hybridized carbons (Fsp3) is 0.438. The zero-order valence-electron chi connectivity index (χ0n) is 13.0. The number of rotatable bonds is 6. The Morgan fingerprint density at radius 2 is 2.09 bits per heavy atom. The zero-order valence-corrected chi connectivity index (χ0v) is 13.8. The summed E-state index contributed by atoms with van der Waals surface area (Å²) in [6.07, 6.45) is 5.31. The van der Waals surface area contributed by atoms with Gasteiger partial charge in [0.2, 0.25) is 10.0 Å². The SMILES string of the molecule is Cc1cnc(C2CCC2)n1CCNS(=O)(=O)c1ccccc1F. The third-order valence-corrected chi connectivity index (χ3v) is 5.80. The molecule has 0 atom stereocenters. The lowest BCUT2D eigenvalue weighted by Gasteiger charge is -2.26. The third-order valence-electron chi connectivity index (χ3n) is 4.31. The quantitative estimate of drug-likeness (QED) is 0.881. The average molecular weight is 337 g/mol. The molecule has 5 nitrogen and oxygen atoms in total. The van der Waals surface area contributed by atoms with Crippen LogP contribution in [0.4, 0.5) is 4.39 Å². The van der Waals surface area contributed by atoms with Crippen LogP contribution in [-0.4, -0.2) is 24.5 Å². The first-order valence-corrected chi connectivity index (χ1v) is 9.23. The van der Waals surface area contributed by atoms with E-state index in [4.69, 9.17) is 0 Å². The van der Waals surface area contributed by atoms with Gasteiger partial charge in [-0.2, -0.15) is 0 Å². The third kappa shape index (κ3) is 3.30. The molecule has 23 heavy (non-hydrogen) atoms. The summed E-state index contributed by atoms with van der Waals surface area (Å²) < 4.78 is 42.5. The Hall–Kier alpha value is -1.73. The number of aryl methyl sites for hydroxylation is 1. The number of nitrogens with zero attached hydrogens (tertiary/aromatic N) is 2. The van der Waals surface area contributed by atoms with E-state index in [1.54, 1.807) is 0 Å². The van der Waals surface area contributed by atoms with Crippen molar-refractivity contribution in [2.45, 2.75) is 43.5 Å². The number of hydrogen-bond donors (Lipinski definition) is 1. The van der Waals surface area contributed by atoms with Crippen LogP contribution in [0.3, 0.4) is 0 Å². The molecule has 0 radical (unpaired) electrons. The number of benzene rings is 1. The van der Waals surface area contributed by atoms with E-state index in [2.05, 4.69) is 9.71 Å². The number of halogens is 1. The normalized spacial score (nSPS) is 15.6. The lowest BCUT2D eigenvalue weighted by molar-refractivity contribution is 0.385. The van der Waals surface area contributed by atoms with Crippen LogP contribution < -0.4 is 4.72 Å². The van der Waals surface area contributed by atoms with Crippen LogP contribution in [-0.2, 0) is 16.6 Å². The van der Waals surface area contributed by atoms with Gasteiger partial charge in [0.05, 0.1) is 0 Å². The molecule has 0 spiro atoms. The first-order valence-electron chi connectivity index (χ1n) is 7.75. The average Bonchev–Trinajstić information content (AvgIpc) is 2.79. The summed E-state index contributed by atoms with van der Waals surface area (Å²) in [6.45, 7) is 2.65. The Morgan fingerprint density at radius 1 is 1.35 bits per heavy atom. The molecule has 1 heterocycles. The molecule has 1 aromatic heterocycles. The van der Waals surface area contributed by atoms with E-state index >= 15 is 0 Å². The highest BCUT2D eigenvalue weighted by Crippen LogP contribution is 2.35. The van der Waals surface area contributed by atoms with E-state index in [0.717, 1.165) is 30.4 Å². The summed E-state index contributed by atoms with van der Waals surface area (Å²) >= 11 is 0. The van der Waals surface area contributed by atoms with Crippen LogP contribution >= 0.6 is 0 Å². The van der Waals surface area contributed by atoms with Gasteiger partial charge < -0.3 is 4.57 Å². The van der Waals surface area contributed by atoms with E-state index in [1.165, 1.54) is 24.6 Å². The van der Waals surface area contributed by atoms with Gasteiger partial charge >= 0.3 is 0 Å². The van der Waals surface area contributed by atoms with Gasteiger partial charge in [0, 0.05) is 30.9 Å². The number of aromatic nitrogens is 2. The summed E-state index contributed by atoms with van der Waals surface area (Å²) in [6, 6.07) is 5.38. The second-order valence-corrected chi connectivity index (χ2v) is 7.60. The molecule has 1 aliphatic carbocycles. The Labute approximate surface area is 135 Å². The van der Waals surface area contributed by atoms with E-state index in [9.17, 15) is 12.8 Å². The molecule has 1 aliphatic rings. The van der Waals surface area contributed by atoms with Gasteiger partial charge in [0.1, 0.15) is 16.5 Å². The monoisotopic (exact) mass is 337 g/mol. The van der Waals surface area contributed by atoms with Crippen molar-refractivity contribution in [3.8, 4) is 0 Å². The summed E-state index contributed by atoms with van der Waals surface area (Å²) in [5, 5.41) is 0. The van der Waals surface area contributed by atoms with Crippen LogP contribution in [0.5, 0.6) is 0 Å². The number of hydrogen-bond acceptors (Lipinski definition) is 3. The van der Waals surface area contributed by atoms with Crippen LogP contribution in [0.2, 0.25) is 0 Å². The molecule has 124 valence electrons. The molecule has 1 fully saturated rings. The van der Waals surface area contributed by atoms with Gasteiger partial charge in [-0.25, -0.2) is 22.5 Å². The second kappa shape index (κ2) is 6.41. The van der Waals surface area contributed by atoms with Crippen LogP contribution in [0.25, 0.3) is 0 Å². The van der Waals surface area contributed by atoms with Crippen molar-refractivity contribution >= 4 is 10.0 Å². The molecule has 3 rings (SSSR count). The lowest BCUT2D eigenvalue weighted by Crippen LogP contribution is -2.29. The molecule has 0 aliphatic heterocycles. The molecule has 7 heteroatoms. The Balaban J connectivity index is 1.68. The molecule has 1 N–H and O–H groups in total. The maximum absolute atomic E-state index is 13.6. The van der Waals surface area contributed by atoms with Gasteiger partial charge in [-0.05, 0) is 31.9 Å². The van der Waals surface area contributed by atoms with Crippen molar-refractivity contribution in [2.24, 2.45) is 0 Å². The predicted octanol–water partition coefficient (Wildman–Crippen LogP) is 2.58. The topological polar surface area (TPSA) is 64.0 Å². The fourth-order valence-electron chi connectivity index (χ4n) is 2.79. The largest absolute Gasteiger partial charge is 0.331 e. The lowest BCUT2D eigenvalue weighted by atomic mass is 9.85. The minimum atomic E-state index is -3.84. The Morgan fingerprint density at radius 3 is 2.74 bits per heavy atom. The van der Waals surface area contributed by atoms with Gasteiger partial charge in [-0.3, -0.25) is 0 Å². The molecule has 0 amide bonds. The van der Waals surface area contributed by atoms with Crippen LogP contribution in [0.1, 0.15) is 36.7 Å². The molecular weight excluding hydrogens is 317 g/mol. The van der Waals surface area contributed by atoms with Crippen molar-refractivity contribution in [1.29, 1.82) is 0 Å². The van der Waals surface area contributed by atoms with Crippen molar-refractivity contribution < 1.29 is 12.8 Å². The number of imidazole rings is 1. The molecule has 0 bridgehead atoms. The van der Waals surface area contributed by atoms with Crippen LogP contribution in [0, 0.1) is 12.7 Å². The molecule has 1 saturated carbocycles. The molecule has 0 unspecified atom stereocenters. The maximum Gasteiger partial charge on any atom is 0.243 e. The van der Waals surface area contributed by atoms with E-state index in [1.807, 2.05) is 17.7 Å². The summed E-state index contributed by atoms with van der Waals surface area (Å²) in [4.78, 5) is 4.13. The minimum Gasteiger partial charge on any atom is -0.331 e. The summed E-state index contributed by atoms with van der Waals surface area (Å²) in [5.41, 5.74) is 1.01. The highest BCUT2D eigenvalue weighted by Gasteiger charge is 2.25. The highest BCUT2D eigenvalue weighted by molar-refractivity contribution is 7.89. The van der Waals surface area contributed by atoms with Crippen molar-refractivity contribution in [3.05, 3.63) is 47.8 Å². The van der Waals surface area contributed by atoms with E-state index in [0.29, 0.717) is 12.5 Å². The predicted molar refractivity (Wildman–Crippen MR) is 85.1 cm³/mol. The molecule has 1 aromatic carbocycles. The highest BCUT2D eigenvalue weighted by atomic mass is 32.2. The first kappa shape index (κ1) is 16.1. The molecule has 0 saturated heterocycles. The van der Waals surface area contributed by atoms with E-state index in [-0.39, 0.29) is 11.4 Å². The number of sulfonamides is 1. The smallest absolute Gasteiger partial charge is 0.243 e. The van der Waals surface area contributed by atoms with Crippen molar-refractivity contribution in [2.75, 3.05) is 6.54 Å². The molecular formula is C16H20FN3O2S. The summed E-state index contributed by atoms with van der Waals surface area (Å²) in [7, 11) is -3.84. The van der Waals surface area contributed by atoms with Crippen LogP contribution in [0.15, 0.2) is 35.4 Å². The Bertz CT molecular complexity index is 797. The maximum atomic E-state index is 13.6. The van der Waals surface area contributed by atoms with E-state index < -0.39 is 15.8 Å². The van der Waals surface area contributed by atoms with Gasteiger partial charge in [0.15, 0.2) is 0 Å². The van der Waals surface area contributed by atoms with Gasteiger partial charge in [-0.1, -0.05) is 18.6 Å². The Kier molecular flexibility index (Phi) is 4.50. The van der Waals surface area contributed by atoms with Gasteiger partial charge in [0.25, 0.3) is 0 Å².